The van der Waals surface area contributed by atoms with Gasteiger partial charge in [-0.05, 0) is 25.7 Å². The van der Waals surface area contributed by atoms with E-state index in [1.165, 1.54) is 6.08 Å². The van der Waals surface area contributed by atoms with Crippen LogP contribution in [0, 0.1) is 5.41 Å². The Morgan fingerprint density at radius 1 is 1.09 bits per heavy atom. The molecule has 0 unspecified atom stereocenters. The molecule has 0 bridgehead atoms. The summed E-state index contributed by atoms with van der Waals surface area (Å²) in [6.45, 7) is 12.8. The molecular weight excluding hydrogens is 298 g/mol. The zero-order valence-electron chi connectivity index (χ0n) is 14.4. The molecule has 5 amide bonds. The van der Waals surface area contributed by atoms with Crippen LogP contribution in [0.1, 0.15) is 41.0 Å². The molecule has 23 heavy (non-hydrogen) atoms. The SMILES string of the molecule is C=CCN1C(=O)C(=O)N(CC(=O)NC(C)(C)CC(C)(C)C)C1=O. The predicted octanol–water partition coefficient (Wildman–Crippen LogP) is 1.29. The molecule has 0 saturated carbocycles. The third-order valence-corrected chi connectivity index (χ3v) is 3.20. The van der Waals surface area contributed by atoms with E-state index in [2.05, 4.69) is 32.7 Å². The maximum Gasteiger partial charge on any atom is 0.335 e. The van der Waals surface area contributed by atoms with Crippen molar-refractivity contribution >= 4 is 23.8 Å². The Hall–Kier alpha value is -2.18. The Kier molecular flexibility index (Phi) is 5.35. The molecule has 0 aliphatic carbocycles. The van der Waals surface area contributed by atoms with Gasteiger partial charge in [-0.3, -0.25) is 19.3 Å². The minimum absolute atomic E-state index is 0.00673. The maximum atomic E-state index is 12.2. The molecule has 1 N–H and O–H groups in total. The second kappa shape index (κ2) is 6.52. The molecule has 1 aliphatic rings. The minimum atomic E-state index is -0.986. The number of nitrogens with one attached hydrogen (secondary N) is 1. The summed E-state index contributed by atoms with van der Waals surface area (Å²) in [5.41, 5.74) is -0.487. The van der Waals surface area contributed by atoms with Crippen molar-refractivity contribution < 1.29 is 19.2 Å². The van der Waals surface area contributed by atoms with Gasteiger partial charge in [0, 0.05) is 12.1 Å². The number of imide groups is 2. The van der Waals surface area contributed by atoms with Gasteiger partial charge in [0.1, 0.15) is 6.54 Å². The second-order valence-corrected chi connectivity index (χ2v) is 7.55. The number of hydrogen-bond acceptors (Lipinski definition) is 4. The summed E-state index contributed by atoms with van der Waals surface area (Å²) in [5.74, 6) is -2.40. The van der Waals surface area contributed by atoms with E-state index in [-0.39, 0.29) is 12.0 Å². The van der Waals surface area contributed by atoms with E-state index in [0.29, 0.717) is 4.90 Å². The van der Waals surface area contributed by atoms with Gasteiger partial charge in [-0.15, -0.1) is 6.58 Å². The van der Waals surface area contributed by atoms with Gasteiger partial charge < -0.3 is 5.32 Å². The first kappa shape index (κ1) is 18.9. The molecule has 1 aliphatic heterocycles. The van der Waals surface area contributed by atoms with Crippen molar-refractivity contribution in [2.24, 2.45) is 5.41 Å². The molecular formula is C16H25N3O4. The van der Waals surface area contributed by atoms with Crippen molar-refractivity contribution in [3.63, 3.8) is 0 Å². The lowest BCUT2D eigenvalue weighted by atomic mass is 9.82. The molecule has 0 aromatic carbocycles. The van der Waals surface area contributed by atoms with Crippen molar-refractivity contribution in [3.8, 4) is 0 Å². The highest BCUT2D eigenvalue weighted by Crippen LogP contribution is 2.26. The summed E-state index contributed by atoms with van der Waals surface area (Å²) in [7, 11) is 0. The Labute approximate surface area is 136 Å². The molecule has 7 heteroatoms. The van der Waals surface area contributed by atoms with Gasteiger partial charge >= 0.3 is 17.8 Å². The third kappa shape index (κ3) is 4.91. The van der Waals surface area contributed by atoms with Crippen molar-refractivity contribution in [3.05, 3.63) is 12.7 Å². The molecule has 1 fully saturated rings. The van der Waals surface area contributed by atoms with Crippen LogP contribution in [0.4, 0.5) is 4.79 Å². The van der Waals surface area contributed by atoms with Crippen molar-refractivity contribution in [1.82, 2.24) is 15.1 Å². The van der Waals surface area contributed by atoms with Crippen LogP contribution in [-0.4, -0.2) is 52.2 Å². The van der Waals surface area contributed by atoms with E-state index < -0.39 is 35.8 Å². The smallest absolute Gasteiger partial charge is 0.335 e. The first-order valence-corrected chi connectivity index (χ1v) is 7.47. The Bertz CT molecular complexity index is 546. The van der Waals surface area contributed by atoms with Crippen LogP contribution in [0.2, 0.25) is 0 Å². The number of rotatable bonds is 6. The van der Waals surface area contributed by atoms with Crippen molar-refractivity contribution in [2.75, 3.05) is 13.1 Å². The first-order valence-electron chi connectivity index (χ1n) is 7.47. The van der Waals surface area contributed by atoms with E-state index in [1.807, 2.05) is 13.8 Å². The number of amides is 5. The van der Waals surface area contributed by atoms with Crippen LogP contribution in [0.5, 0.6) is 0 Å². The van der Waals surface area contributed by atoms with Crippen molar-refractivity contribution in [2.45, 2.75) is 46.6 Å². The second-order valence-electron chi connectivity index (χ2n) is 7.55. The van der Waals surface area contributed by atoms with E-state index >= 15 is 0 Å². The Morgan fingerprint density at radius 3 is 2.09 bits per heavy atom. The summed E-state index contributed by atoms with van der Waals surface area (Å²) in [6, 6.07) is -0.788. The van der Waals surface area contributed by atoms with Gasteiger partial charge in [0.25, 0.3) is 0 Å². The van der Waals surface area contributed by atoms with Gasteiger partial charge in [0.05, 0.1) is 0 Å². The van der Waals surface area contributed by atoms with Gasteiger partial charge in [-0.25, -0.2) is 9.69 Å². The van der Waals surface area contributed by atoms with Crippen LogP contribution >= 0.6 is 0 Å². The quantitative estimate of drug-likeness (QED) is 0.453. The molecule has 1 saturated heterocycles. The van der Waals surface area contributed by atoms with Crippen LogP contribution in [0.3, 0.4) is 0 Å². The van der Waals surface area contributed by atoms with Crippen LogP contribution in [0.25, 0.3) is 0 Å². The lowest BCUT2D eigenvalue weighted by Gasteiger charge is -2.33. The summed E-state index contributed by atoms with van der Waals surface area (Å²) in [4.78, 5) is 49.1. The average molecular weight is 323 g/mol. The highest BCUT2D eigenvalue weighted by Gasteiger charge is 2.44. The lowest BCUT2D eigenvalue weighted by molar-refractivity contribution is -0.143. The highest BCUT2D eigenvalue weighted by atomic mass is 16.2. The van der Waals surface area contributed by atoms with Gasteiger partial charge in [-0.1, -0.05) is 26.8 Å². The fourth-order valence-electron chi connectivity index (χ4n) is 2.91. The summed E-state index contributed by atoms with van der Waals surface area (Å²) in [5, 5.41) is 2.81. The molecule has 1 heterocycles. The van der Waals surface area contributed by atoms with E-state index in [4.69, 9.17) is 0 Å². The molecule has 0 spiro atoms. The van der Waals surface area contributed by atoms with Crippen LogP contribution in [0.15, 0.2) is 12.7 Å². The standard InChI is InChI=1S/C16H25N3O4/c1-7-8-18-12(21)13(22)19(14(18)23)9-11(20)17-16(5,6)10-15(2,3)4/h7H,1,8-10H2,2-6H3,(H,17,20). The monoisotopic (exact) mass is 323 g/mol. The number of urea groups is 1. The van der Waals surface area contributed by atoms with Crippen LogP contribution in [-0.2, 0) is 14.4 Å². The fourth-order valence-corrected chi connectivity index (χ4v) is 2.91. The molecule has 0 aromatic rings. The largest absolute Gasteiger partial charge is 0.350 e. The molecule has 0 aromatic heterocycles. The van der Waals surface area contributed by atoms with Gasteiger partial charge in [0.15, 0.2) is 0 Å². The number of hydrogen-bond donors (Lipinski definition) is 1. The number of nitrogens with zero attached hydrogens (tertiary/aromatic N) is 2. The fraction of sp³-hybridized carbons (Fsp3) is 0.625. The molecule has 0 atom stereocenters. The first-order chi connectivity index (χ1) is 10.4. The highest BCUT2D eigenvalue weighted by molar-refractivity contribution is 6.45. The van der Waals surface area contributed by atoms with E-state index in [0.717, 1.165) is 11.3 Å². The summed E-state index contributed by atoms with van der Waals surface area (Å²) < 4.78 is 0. The lowest BCUT2D eigenvalue weighted by Crippen LogP contribution is -2.50. The zero-order valence-corrected chi connectivity index (χ0v) is 14.4. The topological polar surface area (TPSA) is 86.8 Å². The summed E-state index contributed by atoms with van der Waals surface area (Å²) in [6.07, 6.45) is 2.06. The van der Waals surface area contributed by atoms with Crippen LogP contribution < -0.4 is 5.32 Å². The molecule has 0 radical (unpaired) electrons. The maximum absolute atomic E-state index is 12.2. The Morgan fingerprint density at radius 2 is 1.61 bits per heavy atom. The van der Waals surface area contributed by atoms with E-state index in [1.54, 1.807) is 0 Å². The predicted molar refractivity (Wildman–Crippen MR) is 85.3 cm³/mol. The molecule has 128 valence electrons. The third-order valence-electron chi connectivity index (χ3n) is 3.20. The van der Waals surface area contributed by atoms with Gasteiger partial charge in [0.2, 0.25) is 5.91 Å². The van der Waals surface area contributed by atoms with E-state index in [9.17, 15) is 19.2 Å². The summed E-state index contributed by atoms with van der Waals surface area (Å²) >= 11 is 0. The number of carbonyl (C=O) groups is 4. The zero-order chi connectivity index (χ0) is 18.0. The van der Waals surface area contributed by atoms with Crippen molar-refractivity contribution in [1.29, 1.82) is 0 Å². The van der Waals surface area contributed by atoms with Gasteiger partial charge in [-0.2, -0.15) is 0 Å². The number of carbonyl (C=O) groups excluding carboxylic acids is 4. The molecule has 7 nitrogen and oxygen atoms in total. The normalized spacial score (nSPS) is 16.1. The Balaban J connectivity index is 2.74. The molecule has 1 rings (SSSR count). The average Bonchev–Trinajstić information content (AvgIpc) is 2.53. The minimum Gasteiger partial charge on any atom is -0.350 e.